The van der Waals surface area contributed by atoms with Crippen molar-refractivity contribution in [1.29, 1.82) is 0 Å². The molecule has 4 heteroatoms. The first-order valence-corrected chi connectivity index (χ1v) is 6.08. The molecule has 0 saturated heterocycles. The Labute approximate surface area is 110 Å². The van der Waals surface area contributed by atoms with Gasteiger partial charge in [-0.1, -0.05) is 24.3 Å². The Hall–Kier alpha value is -2.07. The number of benzene rings is 2. The van der Waals surface area contributed by atoms with E-state index in [2.05, 4.69) is 0 Å². The van der Waals surface area contributed by atoms with Crippen molar-refractivity contribution in [3.05, 3.63) is 47.8 Å². The first-order valence-electron chi connectivity index (χ1n) is 6.08. The van der Waals surface area contributed by atoms with Crippen LogP contribution in [0.1, 0.15) is 5.56 Å². The molecule has 2 aromatic rings. The van der Waals surface area contributed by atoms with E-state index in [4.69, 9.17) is 14.6 Å². The summed E-state index contributed by atoms with van der Waals surface area (Å²) in [4.78, 5) is 0. The molecule has 0 aromatic heterocycles. The smallest absolute Gasteiger partial charge is 0.161 e. The zero-order valence-electron chi connectivity index (χ0n) is 10.2. The van der Waals surface area contributed by atoms with Gasteiger partial charge in [0.1, 0.15) is 19.0 Å². The maximum Gasteiger partial charge on any atom is 0.161 e. The third-order valence-electron chi connectivity index (χ3n) is 3.10. The lowest BCUT2D eigenvalue weighted by Gasteiger charge is -2.19. The molecule has 2 aromatic carbocycles. The summed E-state index contributed by atoms with van der Waals surface area (Å²) in [6.07, 6.45) is 0. The summed E-state index contributed by atoms with van der Waals surface area (Å²) in [6, 6.07) is 10.3. The van der Waals surface area contributed by atoms with Gasteiger partial charge in [-0.15, -0.1) is 0 Å². The van der Waals surface area contributed by atoms with Crippen molar-refractivity contribution in [1.82, 2.24) is 0 Å². The molecule has 19 heavy (non-hydrogen) atoms. The number of fused-ring (bicyclic) bond motifs is 1. The van der Waals surface area contributed by atoms with Gasteiger partial charge in [-0.25, -0.2) is 4.39 Å². The Kier molecular flexibility index (Phi) is 3.09. The van der Waals surface area contributed by atoms with Crippen molar-refractivity contribution in [2.75, 3.05) is 13.2 Å². The van der Waals surface area contributed by atoms with Crippen LogP contribution >= 0.6 is 0 Å². The fraction of sp³-hybridized carbons (Fsp3) is 0.200. The van der Waals surface area contributed by atoms with E-state index >= 15 is 0 Å². The third kappa shape index (κ3) is 2.15. The van der Waals surface area contributed by atoms with Crippen molar-refractivity contribution in [3.8, 4) is 22.6 Å². The molecule has 1 aliphatic heterocycles. The van der Waals surface area contributed by atoms with Crippen LogP contribution in [0.3, 0.4) is 0 Å². The van der Waals surface area contributed by atoms with Crippen molar-refractivity contribution < 1.29 is 19.0 Å². The fourth-order valence-electron chi connectivity index (χ4n) is 2.14. The number of aliphatic hydroxyl groups excluding tert-OH is 1. The van der Waals surface area contributed by atoms with Crippen LogP contribution < -0.4 is 9.47 Å². The van der Waals surface area contributed by atoms with E-state index in [0.29, 0.717) is 35.8 Å². The summed E-state index contributed by atoms with van der Waals surface area (Å²) in [7, 11) is 0. The van der Waals surface area contributed by atoms with Crippen LogP contribution in [0.4, 0.5) is 4.39 Å². The van der Waals surface area contributed by atoms with E-state index in [9.17, 15) is 4.39 Å². The lowest BCUT2D eigenvalue weighted by molar-refractivity contribution is 0.171. The van der Waals surface area contributed by atoms with Crippen molar-refractivity contribution in [3.63, 3.8) is 0 Å². The zero-order valence-corrected chi connectivity index (χ0v) is 10.2. The standard InChI is InChI=1S/C15H13FO3/c16-15-11(9-17)2-1-3-12(15)10-4-5-13-14(8-10)19-7-6-18-13/h1-5,8,17H,6-7,9H2. The first-order chi connectivity index (χ1) is 9.29. The second-order valence-electron chi connectivity index (χ2n) is 4.30. The molecule has 3 rings (SSSR count). The SMILES string of the molecule is OCc1cccc(-c2ccc3c(c2)OCCO3)c1F. The van der Waals surface area contributed by atoms with E-state index < -0.39 is 5.82 Å². The Balaban J connectivity index is 2.07. The normalized spacial score (nSPS) is 13.4. The van der Waals surface area contributed by atoms with Crippen LogP contribution in [0.5, 0.6) is 11.5 Å². The number of hydrogen-bond acceptors (Lipinski definition) is 3. The van der Waals surface area contributed by atoms with E-state index in [1.54, 1.807) is 36.4 Å². The number of rotatable bonds is 2. The van der Waals surface area contributed by atoms with Gasteiger partial charge < -0.3 is 14.6 Å². The molecule has 0 fully saturated rings. The highest BCUT2D eigenvalue weighted by atomic mass is 19.1. The monoisotopic (exact) mass is 260 g/mol. The zero-order chi connectivity index (χ0) is 13.2. The van der Waals surface area contributed by atoms with Crippen LogP contribution in [0, 0.1) is 5.82 Å². The number of ether oxygens (including phenoxy) is 2. The van der Waals surface area contributed by atoms with Gasteiger partial charge >= 0.3 is 0 Å². The molecule has 0 saturated carbocycles. The van der Waals surface area contributed by atoms with E-state index in [1.807, 2.05) is 0 Å². The molecule has 0 spiro atoms. The predicted octanol–water partition coefficient (Wildman–Crippen LogP) is 2.76. The Morgan fingerprint density at radius 3 is 2.63 bits per heavy atom. The minimum atomic E-state index is -0.401. The average molecular weight is 260 g/mol. The van der Waals surface area contributed by atoms with E-state index in [0.717, 1.165) is 0 Å². The van der Waals surface area contributed by atoms with Gasteiger partial charge in [-0.2, -0.15) is 0 Å². The number of halogens is 1. The van der Waals surface area contributed by atoms with E-state index in [-0.39, 0.29) is 12.2 Å². The largest absolute Gasteiger partial charge is 0.486 e. The van der Waals surface area contributed by atoms with Crippen LogP contribution in [0.25, 0.3) is 11.1 Å². The molecular formula is C15H13FO3. The average Bonchev–Trinajstić information content (AvgIpc) is 2.47. The Morgan fingerprint density at radius 2 is 1.84 bits per heavy atom. The molecule has 0 aliphatic carbocycles. The number of hydrogen-bond donors (Lipinski definition) is 1. The Morgan fingerprint density at radius 1 is 1.05 bits per heavy atom. The van der Waals surface area contributed by atoms with Gasteiger partial charge in [-0.05, 0) is 17.7 Å². The highest BCUT2D eigenvalue weighted by Crippen LogP contribution is 2.35. The summed E-state index contributed by atoms with van der Waals surface area (Å²) < 4.78 is 25.1. The van der Waals surface area contributed by atoms with Gasteiger partial charge in [0.05, 0.1) is 6.61 Å². The van der Waals surface area contributed by atoms with Gasteiger partial charge in [0.15, 0.2) is 11.5 Å². The van der Waals surface area contributed by atoms with Gasteiger partial charge in [0.25, 0.3) is 0 Å². The maximum absolute atomic E-state index is 14.2. The summed E-state index contributed by atoms with van der Waals surface area (Å²) in [6.45, 7) is 0.709. The van der Waals surface area contributed by atoms with Gasteiger partial charge in [0, 0.05) is 11.1 Å². The molecular weight excluding hydrogens is 247 g/mol. The van der Waals surface area contributed by atoms with Crippen LogP contribution in [-0.2, 0) is 6.61 Å². The summed E-state index contributed by atoms with van der Waals surface area (Å²) in [5, 5.41) is 9.10. The predicted molar refractivity (Wildman–Crippen MR) is 68.7 cm³/mol. The van der Waals surface area contributed by atoms with Crippen molar-refractivity contribution >= 4 is 0 Å². The molecule has 0 amide bonds. The minimum Gasteiger partial charge on any atom is -0.486 e. The summed E-state index contributed by atoms with van der Waals surface area (Å²) in [5.41, 5.74) is 1.44. The summed E-state index contributed by atoms with van der Waals surface area (Å²) in [5.74, 6) is 0.896. The quantitative estimate of drug-likeness (QED) is 0.902. The van der Waals surface area contributed by atoms with E-state index in [1.165, 1.54) is 0 Å². The molecule has 3 nitrogen and oxygen atoms in total. The lowest BCUT2D eigenvalue weighted by Crippen LogP contribution is -2.15. The highest BCUT2D eigenvalue weighted by Gasteiger charge is 2.15. The molecule has 0 atom stereocenters. The van der Waals surface area contributed by atoms with Crippen molar-refractivity contribution in [2.24, 2.45) is 0 Å². The lowest BCUT2D eigenvalue weighted by atomic mass is 10.0. The highest BCUT2D eigenvalue weighted by molar-refractivity contribution is 5.68. The number of aliphatic hydroxyl groups is 1. The molecule has 0 radical (unpaired) electrons. The molecule has 1 heterocycles. The third-order valence-corrected chi connectivity index (χ3v) is 3.10. The van der Waals surface area contributed by atoms with Crippen LogP contribution in [-0.4, -0.2) is 18.3 Å². The van der Waals surface area contributed by atoms with Crippen molar-refractivity contribution in [2.45, 2.75) is 6.61 Å². The van der Waals surface area contributed by atoms with Gasteiger partial charge in [0.2, 0.25) is 0 Å². The Bertz CT molecular complexity index is 610. The molecule has 98 valence electrons. The second kappa shape index (κ2) is 4.90. The minimum absolute atomic E-state index is 0.285. The molecule has 1 aliphatic rings. The maximum atomic E-state index is 14.2. The van der Waals surface area contributed by atoms with Crippen LogP contribution in [0.15, 0.2) is 36.4 Å². The molecule has 0 unspecified atom stereocenters. The fourth-order valence-corrected chi connectivity index (χ4v) is 2.14. The van der Waals surface area contributed by atoms with Crippen LogP contribution in [0.2, 0.25) is 0 Å². The van der Waals surface area contributed by atoms with Gasteiger partial charge in [-0.3, -0.25) is 0 Å². The molecule has 0 bridgehead atoms. The topological polar surface area (TPSA) is 38.7 Å². The second-order valence-corrected chi connectivity index (χ2v) is 4.30. The first kappa shape index (κ1) is 12.0. The molecule has 1 N–H and O–H groups in total. The summed E-state index contributed by atoms with van der Waals surface area (Å²) >= 11 is 0.